The Morgan fingerprint density at radius 2 is 1.71 bits per heavy atom. The highest BCUT2D eigenvalue weighted by Crippen LogP contribution is 2.22. The molecular formula is C12H12N2O6S. The highest BCUT2D eigenvalue weighted by Gasteiger charge is 2.38. The zero-order valence-electron chi connectivity index (χ0n) is 11.0. The third kappa shape index (κ3) is 3.09. The van der Waals surface area contributed by atoms with Crippen LogP contribution in [0.4, 0.5) is 0 Å². The monoisotopic (exact) mass is 312 g/mol. The van der Waals surface area contributed by atoms with Crippen molar-refractivity contribution >= 4 is 27.8 Å². The van der Waals surface area contributed by atoms with Gasteiger partial charge in [0, 0.05) is 0 Å². The lowest BCUT2D eigenvalue weighted by atomic mass is 10.1. The molecule has 1 aromatic carbocycles. The fraction of sp³-hybridized carbons (Fsp3) is 0.250. The Morgan fingerprint density at radius 1 is 1.19 bits per heavy atom. The third-order valence-corrected chi connectivity index (χ3v) is 4.11. The van der Waals surface area contributed by atoms with E-state index in [1.807, 2.05) is 4.72 Å². The normalized spacial score (nSPS) is 14.2. The van der Waals surface area contributed by atoms with Gasteiger partial charge in [0.05, 0.1) is 16.9 Å². The lowest BCUT2D eigenvalue weighted by Gasteiger charge is -2.12. The van der Waals surface area contributed by atoms with Crippen molar-refractivity contribution in [2.24, 2.45) is 0 Å². The number of nitrogens with one attached hydrogen (secondary N) is 1. The topological polar surface area (TPSA) is 110 Å². The largest absolute Gasteiger partial charge is 0.347 e. The minimum atomic E-state index is -3.57. The summed E-state index contributed by atoms with van der Waals surface area (Å²) in [4.78, 5) is 39.9. The molecule has 112 valence electrons. The van der Waals surface area contributed by atoms with Gasteiger partial charge in [-0.05, 0) is 19.1 Å². The Morgan fingerprint density at radius 3 is 2.19 bits per heavy atom. The van der Waals surface area contributed by atoms with Gasteiger partial charge in [-0.25, -0.2) is 17.9 Å². The van der Waals surface area contributed by atoms with E-state index in [2.05, 4.69) is 4.84 Å². The molecule has 0 saturated carbocycles. The van der Waals surface area contributed by atoms with Gasteiger partial charge in [-0.1, -0.05) is 17.2 Å². The number of hydroxylamine groups is 2. The van der Waals surface area contributed by atoms with Gasteiger partial charge < -0.3 is 4.84 Å². The number of rotatable bonds is 5. The molecule has 1 aliphatic rings. The summed E-state index contributed by atoms with van der Waals surface area (Å²) in [7, 11) is -3.57. The molecule has 1 heterocycles. The maximum atomic E-state index is 11.9. The summed E-state index contributed by atoms with van der Waals surface area (Å²) in [6, 6.07) is 6.02. The molecule has 8 nitrogen and oxygen atoms in total. The zero-order valence-corrected chi connectivity index (χ0v) is 11.8. The van der Waals surface area contributed by atoms with Crippen LogP contribution in [0.1, 0.15) is 27.6 Å². The molecule has 2 rings (SSSR count). The highest BCUT2D eigenvalue weighted by molar-refractivity contribution is 7.89. The Kier molecular flexibility index (Phi) is 4.05. The summed E-state index contributed by atoms with van der Waals surface area (Å²) in [6.07, 6.45) is 0. The van der Waals surface area contributed by atoms with Crippen molar-refractivity contribution in [2.75, 3.05) is 12.3 Å². The molecular weight excluding hydrogens is 300 g/mol. The van der Waals surface area contributed by atoms with Crippen molar-refractivity contribution in [3.8, 4) is 0 Å². The number of carbonyl (C=O) groups excluding carboxylic acids is 3. The minimum Gasteiger partial charge on any atom is -0.328 e. The van der Waals surface area contributed by atoms with Crippen LogP contribution in [0, 0.1) is 0 Å². The first-order valence-electron chi connectivity index (χ1n) is 6.01. The summed E-state index contributed by atoms with van der Waals surface area (Å²) in [5, 5.41) is 0.327. The molecule has 0 aliphatic carbocycles. The molecule has 0 radical (unpaired) electrons. The van der Waals surface area contributed by atoms with Crippen LogP contribution in [0.15, 0.2) is 24.3 Å². The summed E-state index contributed by atoms with van der Waals surface area (Å²) in [5.74, 6) is -2.78. The number of nitrogens with zero attached hydrogens (tertiary/aromatic N) is 1. The number of benzene rings is 1. The predicted octanol–water partition coefficient (Wildman–Crippen LogP) is -0.320. The van der Waals surface area contributed by atoms with Gasteiger partial charge in [-0.15, -0.1) is 0 Å². The lowest BCUT2D eigenvalue weighted by Crippen LogP contribution is -2.38. The standard InChI is InChI=1S/C12H12N2O6S/c1-2-21(18,19)13-7-10(15)20-14-11(16)8-5-3-4-6-9(8)12(14)17/h3-6,13H,2,7H2,1H3. The number of amides is 2. The second-order valence-corrected chi connectivity index (χ2v) is 6.23. The van der Waals surface area contributed by atoms with Crippen LogP contribution in [-0.4, -0.2) is 43.6 Å². The first-order valence-corrected chi connectivity index (χ1v) is 7.67. The quantitative estimate of drug-likeness (QED) is 0.746. The fourth-order valence-corrected chi connectivity index (χ4v) is 2.20. The van der Waals surface area contributed by atoms with E-state index in [9.17, 15) is 22.8 Å². The smallest absolute Gasteiger partial charge is 0.328 e. The molecule has 0 fully saturated rings. The van der Waals surface area contributed by atoms with Gasteiger partial charge in [-0.2, -0.15) is 0 Å². The van der Waals surface area contributed by atoms with Crippen molar-refractivity contribution in [3.05, 3.63) is 35.4 Å². The van der Waals surface area contributed by atoms with Crippen LogP contribution in [0.2, 0.25) is 0 Å². The average Bonchev–Trinajstić information content (AvgIpc) is 2.71. The Balaban J connectivity index is 2.04. The number of hydrogen-bond acceptors (Lipinski definition) is 6. The number of imide groups is 1. The van der Waals surface area contributed by atoms with Crippen molar-refractivity contribution in [2.45, 2.75) is 6.92 Å². The number of carbonyl (C=O) groups is 3. The van der Waals surface area contributed by atoms with Crippen LogP contribution in [0.5, 0.6) is 0 Å². The molecule has 0 unspecified atom stereocenters. The van der Waals surface area contributed by atoms with Gasteiger partial charge >= 0.3 is 5.97 Å². The van der Waals surface area contributed by atoms with E-state index in [1.54, 1.807) is 12.1 Å². The van der Waals surface area contributed by atoms with Gasteiger partial charge in [0.25, 0.3) is 11.8 Å². The number of sulfonamides is 1. The third-order valence-electron chi connectivity index (χ3n) is 2.77. The van der Waals surface area contributed by atoms with E-state index in [0.29, 0.717) is 5.06 Å². The Bertz CT molecular complexity index is 677. The SMILES string of the molecule is CCS(=O)(=O)NCC(=O)ON1C(=O)c2ccccc2C1=O. The van der Waals surface area contributed by atoms with Crippen molar-refractivity contribution in [1.29, 1.82) is 0 Å². The molecule has 0 bridgehead atoms. The molecule has 0 spiro atoms. The van der Waals surface area contributed by atoms with E-state index in [4.69, 9.17) is 0 Å². The lowest BCUT2D eigenvalue weighted by molar-refractivity contribution is -0.166. The Hall–Kier alpha value is -2.26. The van der Waals surface area contributed by atoms with Crippen molar-refractivity contribution < 1.29 is 27.6 Å². The maximum Gasteiger partial charge on any atom is 0.347 e. The number of hydrogen-bond donors (Lipinski definition) is 1. The van der Waals surface area contributed by atoms with Gasteiger partial charge in [0.15, 0.2) is 0 Å². The van der Waals surface area contributed by atoms with Crippen LogP contribution < -0.4 is 4.72 Å². The van der Waals surface area contributed by atoms with Crippen molar-refractivity contribution in [3.63, 3.8) is 0 Å². The summed E-state index contributed by atoms with van der Waals surface area (Å²) in [6.45, 7) is 0.738. The summed E-state index contributed by atoms with van der Waals surface area (Å²) in [5.41, 5.74) is 0.258. The van der Waals surface area contributed by atoms with Crippen LogP contribution in [-0.2, 0) is 19.7 Å². The minimum absolute atomic E-state index is 0.129. The van der Waals surface area contributed by atoms with E-state index in [1.165, 1.54) is 19.1 Å². The maximum absolute atomic E-state index is 11.9. The molecule has 1 aromatic rings. The number of fused-ring (bicyclic) bond motifs is 1. The molecule has 1 N–H and O–H groups in total. The second kappa shape index (κ2) is 5.62. The van der Waals surface area contributed by atoms with Crippen LogP contribution in [0.25, 0.3) is 0 Å². The first-order chi connectivity index (χ1) is 9.85. The molecule has 1 aliphatic heterocycles. The molecule has 9 heteroatoms. The average molecular weight is 312 g/mol. The predicted molar refractivity (Wildman–Crippen MR) is 70.5 cm³/mol. The molecule has 0 aromatic heterocycles. The van der Waals surface area contributed by atoms with Crippen molar-refractivity contribution in [1.82, 2.24) is 9.79 Å². The molecule has 21 heavy (non-hydrogen) atoms. The second-order valence-electron chi connectivity index (χ2n) is 4.14. The zero-order chi connectivity index (χ0) is 15.6. The van der Waals surface area contributed by atoms with Gasteiger partial charge in [0.2, 0.25) is 10.0 Å². The summed E-state index contributed by atoms with van der Waals surface area (Å²) >= 11 is 0. The van der Waals surface area contributed by atoms with E-state index >= 15 is 0 Å². The molecule has 0 atom stereocenters. The van der Waals surface area contributed by atoms with Crippen LogP contribution >= 0.6 is 0 Å². The van der Waals surface area contributed by atoms with E-state index in [0.717, 1.165) is 0 Å². The summed E-state index contributed by atoms with van der Waals surface area (Å²) < 4.78 is 24.3. The fourth-order valence-electron chi connectivity index (χ4n) is 1.66. The Labute approximate surface area is 120 Å². The van der Waals surface area contributed by atoms with Gasteiger partial charge in [-0.3, -0.25) is 9.59 Å². The molecule has 2 amide bonds. The van der Waals surface area contributed by atoms with E-state index in [-0.39, 0.29) is 16.9 Å². The van der Waals surface area contributed by atoms with E-state index < -0.39 is 34.4 Å². The van der Waals surface area contributed by atoms with Gasteiger partial charge in [0.1, 0.15) is 6.54 Å². The molecule has 0 saturated heterocycles. The van der Waals surface area contributed by atoms with Crippen LogP contribution in [0.3, 0.4) is 0 Å². The highest BCUT2D eigenvalue weighted by atomic mass is 32.2. The first kappa shape index (κ1) is 15.1.